The molecule has 8 heteroatoms. The van der Waals surface area contributed by atoms with E-state index in [1.807, 2.05) is 0 Å². The lowest BCUT2D eigenvalue weighted by molar-refractivity contribution is 0.548. The number of hydrogen-bond donors (Lipinski definition) is 2. The predicted octanol–water partition coefficient (Wildman–Crippen LogP) is 3.11. The molecule has 3 N–H and O–H groups in total. The SMILES string of the molecule is Nc1ccc(NS(=O)(=O)c2c(F)cc(F)cc2Br)cc1. The standard InChI is InChI=1S/C12H9BrF2N2O2S/c13-10-5-7(14)6-11(15)12(10)20(18,19)17-9-3-1-8(16)2-4-9/h1-6,17H,16H2. The summed E-state index contributed by atoms with van der Waals surface area (Å²) in [5, 5.41) is 0. The van der Waals surface area contributed by atoms with Gasteiger partial charge in [-0.3, -0.25) is 4.72 Å². The fourth-order valence-corrected chi connectivity index (χ4v) is 3.77. The molecule has 0 amide bonds. The monoisotopic (exact) mass is 362 g/mol. The second kappa shape index (κ2) is 5.37. The molecule has 4 nitrogen and oxygen atoms in total. The number of benzene rings is 2. The van der Waals surface area contributed by atoms with Gasteiger partial charge in [0.15, 0.2) is 0 Å². The van der Waals surface area contributed by atoms with Crippen molar-refractivity contribution in [1.82, 2.24) is 0 Å². The molecule has 0 saturated carbocycles. The van der Waals surface area contributed by atoms with Crippen LogP contribution < -0.4 is 10.5 Å². The van der Waals surface area contributed by atoms with Gasteiger partial charge in [-0.25, -0.2) is 17.2 Å². The molecule has 0 atom stereocenters. The van der Waals surface area contributed by atoms with Gasteiger partial charge >= 0.3 is 0 Å². The van der Waals surface area contributed by atoms with Crippen LogP contribution in [-0.4, -0.2) is 8.42 Å². The fraction of sp³-hybridized carbons (Fsp3) is 0. The van der Waals surface area contributed by atoms with Gasteiger partial charge in [-0.2, -0.15) is 0 Å². The Morgan fingerprint density at radius 2 is 1.70 bits per heavy atom. The number of hydrogen-bond acceptors (Lipinski definition) is 3. The third-order valence-electron chi connectivity index (χ3n) is 2.39. The minimum Gasteiger partial charge on any atom is -0.399 e. The van der Waals surface area contributed by atoms with Crippen molar-refractivity contribution in [2.75, 3.05) is 10.5 Å². The molecule has 0 heterocycles. The zero-order valence-electron chi connectivity index (χ0n) is 9.90. The molecule has 106 valence electrons. The van der Waals surface area contributed by atoms with E-state index in [0.717, 1.165) is 6.07 Å². The maximum absolute atomic E-state index is 13.7. The average Bonchev–Trinajstić information content (AvgIpc) is 2.30. The van der Waals surface area contributed by atoms with Gasteiger partial charge < -0.3 is 5.73 Å². The minimum absolute atomic E-state index is 0.196. The highest BCUT2D eigenvalue weighted by atomic mass is 79.9. The van der Waals surface area contributed by atoms with Gasteiger partial charge in [-0.15, -0.1) is 0 Å². The summed E-state index contributed by atoms with van der Waals surface area (Å²) in [5.74, 6) is -2.05. The first-order valence-electron chi connectivity index (χ1n) is 5.32. The molecule has 0 aliphatic carbocycles. The van der Waals surface area contributed by atoms with Gasteiger partial charge in [-0.1, -0.05) is 0 Å². The van der Waals surface area contributed by atoms with E-state index >= 15 is 0 Å². The third kappa shape index (κ3) is 3.07. The Kier molecular flexibility index (Phi) is 3.96. The number of nitrogens with one attached hydrogen (secondary N) is 1. The number of halogens is 3. The molecule has 2 rings (SSSR count). The zero-order chi connectivity index (χ0) is 14.9. The van der Waals surface area contributed by atoms with E-state index < -0.39 is 26.6 Å². The van der Waals surface area contributed by atoms with Crippen LogP contribution in [-0.2, 0) is 10.0 Å². The highest BCUT2D eigenvalue weighted by molar-refractivity contribution is 9.10. The molecule has 0 aliphatic heterocycles. The molecular weight excluding hydrogens is 354 g/mol. The maximum Gasteiger partial charge on any atom is 0.265 e. The van der Waals surface area contributed by atoms with Crippen molar-refractivity contribution >= 4 is 37.3 Å². The van der Waals surface area contributed by atoms with Crippen molar-refractivity contribution in [3.8, 4) is 0 Å². The average molecular weight is 363 g/mol. The van der Waals surface area contributed by atoms with Gasteiger partial charge in [0, 0.05) is 21.9 Å². The molecule has 0 spiro atoms. The molecule has 0 saturated heterocycles. The Balaban J connectivity index is 2.43. The number of anilines is 2. The van der Waals surface area contributed by atoms with E-state index in [9.17, 15) is 17.2 Å². The maximum atomic E-state index is 13.7. The molecule has 2 aromatic carbocycles. The molecule has 0 fully saturated rings. The first-order valence-corrected chi connectivity index (χ1v) is 7.60. The first kappa shape index (κ1) is 14.7. The third-order valence-corrected chi connectivity index (χ3v) is 4.74. The largest absolute Gasteiger partial charge is 0.399 e. The Bertz CT molecular complexity index is 726. The summed E-state index contributed by atoms with van der Waals surface area (Å²) in [7, 11) is -4.18. The molecule has 0 unspecified atom stereocenters. The second-order valence-corrected chi connectivity index (χ2v) is 6.40. The normalized spacial score (nSPS) is 11.3. The first-order chi connectivity index (χ1) is 9.29. The van der Waals surface area contributed by atoms with Crippen molar-refractivity contribution < 1.29 is 17.2 Å². The number of nitrogen functional groups attached to an aromatic ring is 1. The van der Waals surface area contributed by atoms with Crippen molar-refractivity contribution in [3.63, 3.8) is 0 Å². The summed E-state index contributed by atoms with van der Waals surface area (Å²) < 4.78 is 52.8. The van der Waals surface area contributed by atoms with Crippen LogP contribution >= 0.6 is 15.9 Å². The predicted molar refractivity (Wildman–Crippen MR) is 75.7 cm³/mol. The number of sulfonamides is 1. The van der Waals surface area contributed by atoms with E-state index in [4.69, 9.17) is 5.73 Å². The van der Waals surface area contributed by atoms with Crippen molar-refractivity contribution in [2.24, 2.45) is 0 Å². The molecule has 20 heavy (non-hydrogen) atoms. The van der Waals surface area contributed by atoms with Crippen molar-refractivity contribution in [2.45, 2.75) is 4.90 Å². The highest BCUT2D eigenvalue weighted by Gasteiger charge is 2.23. The van der Waals surface area contributed by atoms with Crippen molar-refractivity contribution in [3.05, 3.63) is 52.5 Å². The number of rotatable bonds is 3. The fourth-order valence-electron chi connectivity index (χ4n) is 1.54. The van der Waals surface area contributed by atoms with Gasteiger partial charge in [0.05, 0.1) is 0 Å². The minimum atomic E-state index is -4.18. The molecule has 0 radical (unpaired) electrons. The van der Waals surface area contributed by atoms with Crippen LogP contribution in [0.5, 0.6) is 0 Å². The highest BCUT2D eigenvalue weighted by Crippen LogP contribution is 2.28. The van der Waals surface area contributed by atoms with E-state index in [-0.39, 0.29) is 10.2 Å². The summed E-state index contributed by atoms with van der Waals surface area (Å²) in [4.78, 5) is -0.657. The lowest BCUT2D eigenvalue weighted by atomic mass is 10.3. The van der Waals surface area contributed by atoms with Gasteiger partial charge in [-0.05, 0) is 46.3 Å². The van der Waals surface area contributed by atoms with Crippen LogP contribution in [0.1, 0.15) is 0 Å². The van der Waals surface area contributed by atoms with Crippen LogP contribution in [0.4, 0.5) is 20.2 Å². The lowest BCUT2D eigenvalue weighted by Crippen LogP contribution is -2.15. The zero-order valence-corrected chi connectivity index (χ0v) is 12.3. The smallest absolute Gasteiger partial charge is 0.265 e. The van der Waals surface area contributed by atoms with E-state index in [1.165, 1.54) is 24.3 Å². The molecule has 2 aromatic rings. The van der Waals surface area contributed by atoms with Gasteiger partial charge in [0.25, 0.3) is 10.0 Å². The Morgan fingerprint density at radius 1 is 1.10 bits per heavy atom. The Morgan fingerprint density at radius 3 is 2.25 bits per heavy atom. The lowest BCUT2D eigenvalue weighted by Gasteiger charge is -2.10. The van der Waals surface area contributed by atoms with E-state index in [2.05, 4.69) is 20.7 Å². The second-order valence-electron chi connectivity index (χ2n) is 3.93. The molecule has 0 aromatic heterocycles. The van der Waals surface area contributed by atoms with Crippen molar-refractivity contribution in [1.29, 1.82) is 0 Å². The summed E-state index contributed by atoms with van der Waals surface area (Å²) in [5.41, 5.74) is 6.16. The Labute approximate surface area is 122 Å². The van der Waals surface area contributed by atoms with E-state index in [0.29, 0.717) is 11.8 Å². The van der Waals surface area contributed by atoms with Crippen LogP contribution in [0.15, 0.2) is 45.8 Å². The Hall–Kier alpha value is -1.67. The van der Waals surface area contributed by atoms with Gasteiger partial charge in [0.1, 0.15) is 16.5 Å². The van der Waals surface area contributed by atoms with Crippen LogP contribution in [0.25, 0.3) is 0 Å². The molecule has 0 aliphatic rings. The summed E-state index contributed by atoms with van der Waals surface area (Å²) in [6.45, 7) is 0. The molecule has 0 bridgehead atoms. The van der Waals surface area contributed by atoms with Crippen LogP contribution in [0.2, 0.25) is 0 Å². The quantitative estimate of drug-likeness (QED) is 0.824. The number of nitrogens with two attached hydrogens (primary N) is 1. The van der Waals surface area contributed by atoms with E-state index in [1.54, 1.807) is 0 Å². The van der Waals surface area contributed by atoms with Gasteiger partial charge in [0.2, 0.25) is 0 Å². The molecular formula is C12H9BrF2N2O2S. The summed E-state index contributed by atoms with van der Waals surface area (Å²) in [6.07, 6.45) is 0. The summed E-state index contributed by atoms with van der Waals surface area (Å²) >= 11 is 2.84. The summed E-state index contributed by atoms with van der Waals surface area (Å²) in [6, 6.07) is 7.23. The topological polar surface area (TPSA) is 72.2 Å². The van der Waals surface area contributed by atoms with Crippen LogP contribution in [0, 0.1) is 11.6 Å². The van der Waals surface area contributed by atoms with Crippen LogP contribution in [0.3, 0.4) is 0 Å².